The van der Waals surface area contributed by atoms with Gasteiger partial charge < -0.3 is 9.11 Å². The maximum absolute atomic E-state index is 10.7. The van der Waals surface area contributed by atoms with Gasteiger partial charge in [0.15, 0.2) is 20.2 Å². The van der Waals surface area contributed by atoms with Crippen LogP contribution in [0.4, 0.5) is 26.3 Å². The van der Waals surface area contributed by atoms with Crippen LogP contribution in [-0.2, 0) is 47.9 Å². The molecule has 0 aromatic carbocycles. The predicted octanol–water partition coefficient (Wildman–Crippen LogP) is 2.63. The maximum Gasteiger partial charge on any atom is 0.485 e. The van der Waals surface area contributed by atoms with E-state index in [0.717, 1.165) is 0 Å². The highest BCUT2D eigenvalue weighted by atomic mass is 32.2. The molecule has 0 N–H and O–H groups in total. The van der Waals surface area contributed by atoms with Gasteiger partial charge in [0.25, 0.3) is 0 Å². The second-order valence-electron chi connectivity index (χ2n) is 7.63. The molecule has 0 aliphatic rings. The van der Waals surface area contributed by atoms with E-state index in [1.807, 2.05) is 42.0 Å². The van der Waals surface area contributed by atoms with Crippen LogP contribution in [0.15, 0.2) is 37.4 Å². The van der Waals surface area contributed by atoms with Crippen LogP contribution >= 0.6 is 0 Å². The third-order valence-corrected chi connectivity index (χ3v) is 5.20. The summed E-state index contributed by atoms with van der Waals surface area (Å²) in [5.41, 5.74) is -11.3. The monoisotopic (exact) mass is 590 g/mol. The summed E-state index contributed by atoms with van der Waals surface area (Å²) >= 11 is 0. The van der Waals surface area contributed by atoms with Crippen LogP contribution in [0.3, 0.4) is 0 Å². The molecule has 0 atom stereocenters. The number of hydrogen-bond acceptors (Lipinski definition) is 6. The van der Waals surface area contributed by atoms with Gasteiger partial charge in [0, 0.05) is 0 Å². The zero-order valence-corrected chi connectivity index (χ0v) is 22.4. The van der Waals surface area contributed by atoms with E-state index < -0.39 is 31.3 Å². The second kappa shape index (κ2) is 16.6. The van der Waals surface area contributed by atoms with E-state index in [9.17, 15) is 26.3 Å². The van der Waals surface area contributed by atoms with Crippen molar-refractivity contribution in [2.24, 2.45) is 21.1 Å². The lowest BCUT2D eigenvalue weighted by atomic mass is 10.1. The molecule has 218 valence electrons. The molecular formula is C19H32F6N4O6S2. The van der Waals surface area contributed by atoms with Gasteiger partial charge in [-0.1, -0.05) is 32.6 Å². The summed E-state index contributed by atoms with van der Waals surface area (Å²) in [7, 11) is -6.11. The zero-order valence-electron chi connectivity index (χ0n) is 20.7. The first kappa shape index (κ1) is 37.0. The molecule has 0 bridgehead atoms. The van der Waals surface area contributed by atoms with Crippen molar-refractivity contribution in [1.29, 1.82) is 0 Å². The predicted molar refractivity (Wildman–Crippen MR) is 117 cm³/mol. The summed E-state index contributed by atoms with van der Waals surface area (Å²) in [4.78, 5) is 0. The Morgan fingerprint density at radius 1 is 0.730 bits per heavy atom. The van der Waals surface area contributed by atoms with E-state index in [-0.39, 0.29) is 0 Å². The number of rotatable bonds is 7. The molecule has 0 amide bonds. The molecule has 2 heterocycles. The molecule has 0 saturated carbocycles. The highest BCUT2D eigenvalue weighted by Gasteiger charge is 2.37. The van der Waals surface area contributed by atoms with Crippen LogP contribution in [0.1, 0.15) is 45.4 Å². The molecule has 0 unspecified atom stereocenters. The third kappa shape index (κ3) is 19.6. The molecule has 0 spiro atoms. The van der Waals surface area contributed by atoms with Crippen molar-refractivity contribution < 1.29 is 61.4 Å². The van der Waals surface area contributed by atoms with Crippen molar-refractivity contribution in [1.82, 2.24) is 9.13 Å². The molecule has 10 nitrogen and oxygen atoms in total. The molecule has 0 saturated heterocycles. The first-order chi connectivity index (χ1) is 16.6. The molecule has 0 fully saturated rings. The molecule has 37 heavy (non-hydrogen) atoms. The minimum Gasteiger partial charge on any atom is -0.741 e. The van der Waals surface area contributed by atoms with Gasteiger partial charge in [-0.25, -0.2) is 35.1 Å². The fraction of sp³-hybridized carbons (Fsp3) is 0.684. The Morgan fingerprint density at radius 3 is 1.38 bits per heavy atom. The Morgan fingerprint density at radius 2 is 1.11 bits per heavy atom. The number of aryl methyl sites for hydroxylation is 4. The Hall–Kier alpha value is -2.18. The van der Waals surface area contributed by atoms with Gasteiger partial charge in [0.2, 0.25) is 12.7 Å². The van der Waals surface area contributed by atoms with Gasteiger partial charge in [-0.15, -0.1) is 0 Å². The second-order valence-corrected chi connectivity index (χ2v) is 10.4. The molecule has 18 heteroatoms. The molecule has 0 aliphatic carbocycles. The molecule has 2 rings (SSSR count). The van der Waals surface area contributed by atoms with Crippen molar-refractivity contribution in [3.63, 3.8) is 0 Å². The minimum absolute atomic E-state index is 1.17. The summed E-state index contributed by atoms with van der Waals surface area (Å²) in [6.07, 6.45) is 20.6. The van der Waals surface area contributed by atoms with E-state index in [1.165, 1.54) is 45.1 Å². The van der Waals surface area contributed by atoms with Gasteiger partial charge in [-0.2, -0.15) is 26.3 Å². The van der Waals surface area contributed by atoms with Crippen LogP contribution in [0, 0.1) is 0 Å². The number of alkyl halides is 6. The SMILES string of the molecule is CCCCCCCCn1cc[n+](C)c1.Cn1cc[n+](C)c1.O=S(=O)([O-])C(F)(F)F.O=S(=O)([O-])C(F)(F)F. The summed E-state index contributed by atoms with van der Waals surface area (Å²) in [5.74, 6) is 0. The Balaban J connectivity index is 0. The number of imidazole rings is 2. The molecule has 2 aromatic rings. The smallest absolute Gasteiger partial charge is 0.485 e. The van der Waals surface area contributed by atoms with Crippen LogP contribution < -0.4 is 9.13 Å². The van der Waals surface area contributed by atoms with Gasteiger partial charge >= 0.3 is 11.0 Å². The normalized spacial score (nSPS) is 11.9. The Kier molecular flexibility index (Phi) is 16.6. The molecular weight excluding hydrogens is 558 g/mol. The third-order valence-electron chi connectivity index (χ3n) is 4.06. The Labute approximate surface area is 212 Å². The Bertz CT molecular complexity index is 1040. The summed E-state index contributed by atoms with van der Waals surface area (Å²) < 4.78 is 126. The average Bonchev–Trinajstić information content (AvgIpc) is 3.30. The molecule has 0 radical (unpaired) electrons. The van der Waals surface area contributed by atoms with Gasteiger partial charge in [-0.3, -0.25) is 0 Å². The zero-order chi connectivity index (χ0) is 29.5. The summed E-state index contributed by atoms with van der Waals surface area (Å²) in [5, 5.41) is 0. The lowest BCUT2D eigenvalue weighted by Gasteiger charge is -2.08. The quantitative estimate of drug-likeness (QED) is 0.160. The van der Waals surface area contributed by atoms with Crippen LogP contribution in [-0.4, -0.2) is 46.1 Å². The van der Waals surface area contributed by atoms with Gasteiger partial charge in [0.05, 0.1) is 27.7 Å². The first-order valence-electron chi connectivity index (χ1n) is 10.6. The van der Waals surface area contributed by atoms with E-state index in [4.69, 9.17) is 25.9 Å². The van der Waals surface area contributed by atoms with Crippen molar-refractivity contribution in [3.8, 4) is 0 Å². The molecule has 2 aromatic heterocycles. The first-order valence-corrected chi connectivity index (χ1v) is 13.5. The van der Waals surface area contributed by atoms with Crippen molar-refractivity contribution in [3.05, 3.63) is 37.4 Å². The van der Waals surface area contributed by atoms with Gasteiger partial charge in [0.1, 0.15) is 24.8 Å². The fourth-order valence-corrected chi connectivity index (χ4v) is 2.28. The van der Waals surface area contributed by atoms with E-state index in [2.05, 4.69) is 41.8 Å². The van der Waals surface area contributed by atoms with Crippen molar-refractivity contribution >= 4 is 20.2 Å². The van der Waals surface area contributed by atoms with E-state index in [0.29, 0.717) is 0 Å². The highest BCUT2D eigenvalue weighted by molar-refractivity contribution is 7.86. The van der Waals surface area contributed by atoms with Crippen molar-refractivity contribution in [2.75, 3.05) is 0 Å². The van der Waals surface area contributed by atoms with Gasteiger partial charge in [-0.05, 0) is 12.8 Å². The summed E-state index contributed by atoms with van der Waals surface area (Å²) in [6, 6.07) is 0. The number of unbranched alkanes of at least 4 members (excludes halogenated alkanes) is 5. The van der Waals surface area contributed by atoms with Crippen LogP contribution in [0.2, 0.25) is 0 Å². The van der Waals surface area contributed by atoms with E-state index >= 15 is 0 Å². The van der Waals surface area contributed by atoms with Crippen LogP contribution in [0.5, 0.6) is 0 Å². The maximum atomic E-state index is 10.7. The number of halogens is 6. The largest absolute Gasteiger partial charge is 0.741 e. The lowest BCUT2D eigenvalue weighted by Crippen LogP contribution is -2.23. The number of hydrogen-bond donors (Lipinski definition) is 0. The number of aromatic nitrogens is 4. The van der Waals surface area contributed by atoms with E-state index in [1.54, 1.807) is 0 Å². The minimum atomic E-state index is -6.09. The highest BCUT2D eigenvalue weighted by Crippen LogP contribution is 2.21. The fourth-order valence-electron chi connectivity index (χ4n) is 2.28. The average molecular weight is 591 g/mol. The molecule has 0 aliphatic heterocycles. The standard InChI is InChI=1S/C12H23N2.C5H9N2.2CHF3O3S/c1-3-4-5-6-7-8-9-14-11-10-13(2)12-14;1-6-3-4-7(2)5-6;2*2-1(3,4)8(5,6)7/h10-12H,3-9H2,1-2H3;3-5H,1-2H3;2*(H,5,6,7)/q2*+1;;/p-2. The lowest BCUT2D eigenvalue weighted by molar-refractivity contribution is -0.671. The van der Waals surface area contributed by atoms with Crippen molar-refractivity contribution in [2.45, 2.75) is 63.0 Å². The van der Waals surface area contributed by atoms with Crippen LogP contribution in [0.25, 0.3) is 0 Å². The topological polar surface area (TPSA) is 132 Å². The summed E-state index contributed by atoms with van der Waals surface area (Å²) in [6.45, 7) is 3.44. The number of nitrogens with zero attached hydrogens (tertiary/aromatic N) is 4.